The zero-order chi connectivity index (χ0) is 23.8. The van der Waals surface area contributed by atoms with E-state index in [0.29, 0.717) is 38.0 Å². The van der Waals surface area contributed by atoms with Crippen LogP contribution in [0.2, 0.25) is 10.0 Å². The van der Waals surface area contributed by atoms with Crippen LogP contribution in [0.1, 0.15) is 48.1 Å². The number of rotatable bonds is 5. The number of aromatic nitrogens is 1. The minimum absolute atomic E-state index is 0.0527. The quantitative estimate of drug-likeness (QED) is 0.592. The fourth-order valence-corrected chi connectivity index (χ4v) is 4.13. The summed E-state index contributed by atoms with van der Waals surface area (Å²) in [7, 11) is 1.26. The average molecular weight is 479 g/mol. The summed E-state index contributed by atoms with van der Waals surface area (Å²) < 4.78 is 10.2. The summed E-state index contributed by atoms with van der Waals surface area (Å²) in [5, 5.41) is 0.827. The molecule has 1 aromatic carbocycles. The van der Waals surface area contributed by atoms with Crippen molar-refractivity contribution in [1.29, 1.82) is 0 Å². The molecule has 7 nitrogen and oxygen atoms in total. The van der Waals surface area contributed by atoms with Gasteiger partial charge in [0.25, 0.3) is 5.91 Å². The Kier molecular flexibility index (Phi) is 6.81. The molecule has 1 aromatic heterocycles. The van der Waals surface area contributed by atoms with Crippen molar-refractivity contribution < 1.29 is 23.9 Å². The Labute approximate surface area is 196 Å². The van der Waals surface area contributed by atoms with Crippen LogP contribution in [0.15, 0.2) is 18.2 Å². The number of nitrogens with zero attached hydrogens (tertiary/aromatic N) is 2. The number of benzene rings is 1. The molecule has 3 rings (SSSR count). The average Bonchev–Trinajstić information content (AvgIpc) is 2.97. The molecule has 32 heavy (non-hydrogen) atoms. The minimum Gasteiger partial charge on any atom is -0.468 e. The third-order valence-corrected chi connectivity index (χ3v) is 5.48. The van der Waals surface area contributed by atoms with E-state index in [1.54, 1.807) is 45.9 Å². The van der Waals surface area contributed by atoms with E-state index < -0.39 is 17.5 Å². The van der Waals surface area contributed by atoms with Crippen LogP contribution in [0.25, 0.3) is 11.1 Å². The van der Waals surface area contributed by atoms with E-state index in [-0.39, 0.29) is 31.1 Å². The number of amides is 1. The fraction of sp³-hybridized carbons (Fsp3) is 0.391. The van der Waals surface area contributed by atoms with Gasteiger partial charge in [-0.2, -0.15) is 0 Å². The highest BCUT2D eigenvalue weighted by Crippen LogP contribution is 2.40. The molecule has 0 N–H and O–H groups in total. The van der Waals surface area contributed by atoms with Crippen molar-refractivity contribution in [1.82, 2.24) is 9.88 Å². The van der Waals surface area contributed by atoms with Crippen molar-refractivity contribution in [3.8, 4) is 11.1 Å². The largest absolute Gasteiger partial charge is 0.468 e. The molecule has 2 aromatic rings. The van der Waals surface area contributed by atoms with E-state index in [2.05, 4.69) is 4.98 Å². The lowest BCUT2D eigenvalue weighted by Gasteiger charge is -2.21. The Bertz CT molecular complexity index is 1110. The van der Waals surface area contributed by atoms with E-state index in [1.807, 2.05) is 0 Å². The number of fused-ring (bicyclic) bond motifs is 1. The smallest absolute Gasteiger partial charge is 0.325 e. The predicted molar refractivity (Wildman–Crippen MR) is 121 cm³/mol. The zero-order valence-corrected chi connectivity index (χ0v) is 20.1. The highest BCUT2D eigenvalue weighted by Gasteiger charge is 2.35. The van der Waals surface area contributed by atoms with Gasteiger partial charge in [0.2, 0.25) is 0 Å². The normalized spacial score (nSPS) is 13.2. The van der Waals surface area contributed by atoms with Crippen molar-refractivity contribution in [3.05, 3.63) is 50.8 Å². The van der Waals surface area contributed by atoms with Crippen molar-refractivity contribution in [2.24, 2.45) is 0 Å². The van der Waals surface area contributed by atoms with Crippen molar-refractivity contribution in [3.63, 3.8) is 0 Å². The van der Waals surface area contributed by atoms with Crippen LogP contribution in [-0.2, 0) is 32.0 Å². The highest BCUT2D eigenvalue weighted by atomic mass is 35.5. The van der Waals surface area contributed by atoms with Gasteiger partial charge in [0.1, 0.15) is 17.8 Å². The second kappa shape index (κ2) is 9.08. The molecule has 0 unspecified atom stereocenters. The first kappa shape index (κ1) is 24.0. The summed E-state index contributed by atoms with van der Waals surface area (Å²) in [4.78, 5) is 43.3. The Morgan fingerprint density at radius 1 is 1.19 bits per heavy atom. The fourth-order valence-electron chi connectivity index (χ4n) is 3.63. The highest BCUT2D eigenvalue weighted by molar-refractivity contribution is 6.36. The number of hydrogen-bond donors (Lipinski definition) is 0. The lowest BCUT2D eigenvalue weighted by Crippen LogP contribution is -2.31. The van der Waals surface area contributed by atoms with Crippen LogP contribution in [0.3, 0.4) is 0 Å². The van der Waals surface area contributed by atoms with Crippen LogP contribution in [0.5, 0.6) is 0 Å². The number of pyridine rings is 1. The standard InChI is InChI=1S/C23H24Cl2N2O5/c1-12-15(9-18(28)32-23(2,3)4)20(14-7-6-13(24)8-17(14)25)16-10-27(11-19(29)31-5)22(30)21(16)26-12/h6-8H,9-11H2,1-5H3. The maximum absolute atomic E-state index is 13.0. The summed E-state index contributed by atoms with van der Waals surface area (Å²) in [5.74, 6) is -1.35. The molecule has 1 amide bonds. The number of aryl methyl sites for hydroxylation is 1. The van der Waals surface area contributed by atoms with Crippen LogP contribution in [-0.4, -0.2) is 47.0 Å². The first-order valence-electron chi connectivity index (χ1n) is 9.97. The van der Waals surface area contributed by atoms with Gasteiger partial charge in [-0.05, 0) is 51.0 Å². The molecular formula is C23H24Cl2N2O5. The van der Waals surface area contributed by atoms with Gasteiger partial charge in [0.05, 0.1) is 13.5 Å². The SMILES string of the molecule is COC(=O)CN1Cc2c(nc(C)c(CC(=O)OC(C)(C)C)c2-c2ccc(Cl)cc2Cl)C1=O. The van der Waals surface area contributed by atoms with Crippen molar-refractivity contribution in [2.45, 2.75) is 46.3 Å². The summed E-state index contributed by atoms with van der Waals surface area (Å²) in [6.07, 6.45) is -0.0527. The Morgan fingerprint density at radius 3 is 2.47 bits per heavy atom. The molecule has 170 valence electrons. The van der Waals surface area contributed by atoms with Gasteiger partial charge in [0, 0.05) is 33.4 Å². The van der Waals surface area contributed by atoms with Gasteiger partial charge < -0.3 is 14.4 Å². The lowest BCUT2D eigenvalue weighted by atomic mass is 9.91. The number of methoxy groups -OCH3 is 1. The van der Waals surface area contributed by atoms with Gasteiger partial charge in [-0.25, -0.2) is 4.98 Å². The van der Waals surface area contributed by atoms with Gasteiger partial charge in [-0.1, -0.05) is 29.3 Å². The third-order valence-electron chi connectivity index (χ3n) is 4.93. The maximum Gasteiger partial charge on any atom is 0.325 e. The number of ether oxygens (including phenoxy) is 2. The molecule has 0 radical (unpaired) electrons. The van der Waals surface area contributed by atoms with Crippen LogP contribution < -0.4 is 0 Å². The van der Waals surface area contributed by atoms with E-state index in [9.17, 15) is 14.4 Å². The molecule has 1 aliphatic heterocycles. The van der Waals surface area contributed by atoms with Crippen molar-refractivity contribution in [2.75, 3.05) is 13.7 Å². The molecular weight excluding hydrogens is 455 g/mol. The summed E-state index contributed by atoms with van der Waals surface area (Å²) in [6, 6.07) is 5.03. The second-order valence-corrected chi connectivity index (χ2v) is 9.35. The number of carbonyl (C=O) groups excluding carboxylic acids is 3. The summed E-state index contributed by atoms with van der Waals surface area (Å²) in [6.45, 7) is 7.02. The predicted octanol–water partition coefficient (Wildman–Crippen LogP) is 4.38. The van der Waals surface area contributed by atoms with Crippen molar-refractivity contribution >= 4 is 41.0 Å². The van der Waals surface area contributed by atoms with Gasteiger partial charge in [-0.15, -0.1) is 0 Å². The molecule has 0 spiro atoms. The number of esters is 2. The summed E-state index contributed by atoms with van der Waals surface area (Å²) >= 11 is 12.6. The molecule has 0 fully saturated rings. The molecule has 1 aliphatic rings. The topological polar surface area (TPSA) is 85.8 Å². The molecule has 9 heteroatoms. The summed E-state index contributed by atoms with van der Waals surface area (Å²) in [5.41, 5.74) is 2.51. The minimum atomic E-state index is -0.652. The maximum atomic E-state index is 13.0. The lowest BCUT2D eigenvalue weighted by molar-refractivity contribution is -0.154. The third kappa shape index (κ3) is 5.05. The second-order valence-electron chi connectivity index (χ2n) is 8.50. The van der Waals surface area contributed by atoms with E-state index >= 15 is 0 Å². The van der Waals surface area contributed by atoms with Gasteiger partial charge in [0.15, 0.2) is 0 Å². The molecule has 0 saturated heterocycles. The Morgan fingerprint density at radius 2 is 1.88 bits per heavy atom. The molecule has 0 atom stereocenters. The molecule has 0 aliphatic carbocycles. The molecule has 0 saturated carbocycles. The first-order valence-corrected chi connectivity index (χ1v) is 10.7. The van der Waals surface area contributed by atoms with Gasteiger partial charge >= 0.3 is 11.9 Å². The molecule has 0 bridgehead atoms. The van der Waals surface area contributed by atoms with Gasteiger partial charge in [-0.3, -0.25) is 14.4 Å². The Hall–Kier alpha value is -2.64. The number of carbonyl (C=O) groups is 3. The van der Waals surface area contributed by atoms with Crippen LogP contribution >= 0.6 is 23.2 Å². The monoisotopic (exact) mass is 478 g/mol. The first-order chi connectivity index (χ1) is 14.9. The van der Waals surface area contributed by atoms with Crippen LogP contribution in [0, 0.1) is 6.92 Å². The number of halogens is 2. The van der Waals surface area contributed by atoms with E-state index in [1.165, 1.54) is 12.0 Å². The zero-order valence-electron chi connectivity index (χ0n) is 18.5. The Balaban J connectivity index is 2.17. The molecule has 2 heterocycles. The van der Waals surface area contributed by atoms with E-state index in [4.69, 9.17) is 32.7 Å². The van der Waals surface area contributed by atoms with Crippen LogP contribution in [0.4, 0.5) is 0 Å². The number of hydrogen-bond acceptors (Lipinski definition) is 6. The van der Waals surface area contributed by atoms with E-state index in [0.717, 1.165) is 0 Å².